The van der Waals surface area contributed by atoms with Crippen LogP contribution in [0, 0.1) is 0 Å². The molecule has 106 valence electrons. The number of piperidine rings is 1. The number of aryl methyl sites for hydroxylation is 1. The van der Waals surface area contributed by atoms with Gasteiger partial charge in [0.05, 0.1) is 5.69 Å². The SMILES string of the molecule is CCn1nc(C2CCNCC2)cc1Cc1ccccc1. The van der Waals surface area contributed by atoms with Crippen molar-refractivity contribution in [3.63, 3.8) is 0 Å². The van der Waals surface area contributed by atoms with Gasteiger partial charge in [-0.2, -0.15) is 5.10 Å². The van der Waals surface area contributed by atoms with Crippen molar-refractivity contribution in [3.8, 4) is 0 Å². The summed E-state index contributed by atoms with van der Waals surface area (Å²) in [4.78, 5) is 0. The second-order valence-corrected chi connectivity index (χ2v) is 5.56. The van der Waals surface area contributed by atoms with Crippen LogP contribution in [0.4, 0.5) is 0 Å². The molecule has 0 bridgehead atoms. The largest absolute Gasteiger partial charge is 0.317 e. The predicted octanol–water partition coefficient (Wildman–Crippen LogP) is 2.96. The molecule has 0 aliphatic carbocycles. The van der Waals surface area contributed by atoms with Gasteiger partial charge in [-0.1, -0.05) is 30.3 Å². The minimum atomic E-state index is 0.638. The third kappa shape index (κ3) is 2.93. The number of hydrogen-bond acceptors (Lipinski definition) is 2. The number of aromatic nitrogens is 2. The molecule has 1 aliphatic heterocycles. The van der Waals surface area contributed by atoms with Gasteiger partial charge in [-0.15, -0.1) is 0 Å². The van der Waals surface area contributed by atoms with Gasteiger partial charge in [0.15, 0.2) is 0 Å². The summed E-state index contributed by atoms with van der Waals surface area (Å²) in [7, 11) is 0. The Kier molecular flexibility index (Phi) is 4.16. The van der Waals surface area contributed by atoms with E-state index in [1.165, 1.54) is 29.8 Å². The maximum atomic E-state index is 4.84. The molecule has 1 aromatic heterocycles. The summed E-state index contributed by atoms with van der Waals surface area (Å²) >= 11 is 0. The molecule has 3 heteroatoms. The van der Waals surface area contributed by atoms with E-state index in [0.29, 0.717) is 5.92 Å². The second-order valence-electron chi connectivity index (χ2n) is 5.56. The topological polar surface area (TPSA) is 29.9 Å². The zero-order chi connectivity index (χ0) is 13.8. The summed E-state index contributed by atoms with van der Waals surface area (Å²) in [5.74, 6) is 0.638. The van der Waals surface area contributed by atoms with Gasteiger partial charge >= 0.3 is 0 Å². The highest BCUT2D eigenvalue weighted by Gasteiger charge is 2.19. The number of hydrogen-bond donors (Lipinski definition) is 1. The molecular formula is C17H23N3. The minimum Gasteiger partial charge on any atom is -0.317 e. The molecule has 0 unspecified atom stereocenters. The fraction of sp³-hybridized carbons (Fsp3) is 0.471. The molecule has 1 fully saturated rings. The van der Waals surface area contributed by atoms with E-state index in [4.69, 9.17) is 5.10 Å². The van der Waals surface area contributed by atoms with E-state index in [-0.39, 0.29) is 0 Å². The molecule has 0 saturated carbocycles. The number of nitrogens with zero attached hydrogens (tertiary/aromatic N) is 2. The van der Waals surface area contributed by atoms with Crippen LogP contribution in [-0.4, -0.2) is 22.9 Å². The van der Waals surface area contributed by atoms with Crippen LogP contribution in [0.15, 0.2) is 36.4 Å². The van der Waals surface area contributed by atoms with Crippen LogP contribution in [0.3, 0.4) is 0 Å². The summed E-state index contributed by atoms with van der Waals surface area (Å²) in [6.07, 6.45) is 3.41. The summed E-state index contributed by atoms with van der Waals surface area (Å²) in [5, 5.41) is 8.26. The average Bonchev–Trinajstić information content (AvgIpc) is 2.92. The predicted molar refractivity (Wildman–Crippen MR) is 82.0 cm³/mol. The molecule has 1 saturated heterocycles. The Morgan fingerprint density at radius 2 is 1.95 bits per heavy atom. The maximum Gasteiger partial charge on any atom is 0.0659 e. The molecule has 0 amide bonds. The highest BCUT2D eigenvalue weighted by Crippen LogP contribution is 2.25. The van der Waals surface area contributed by atoms with Crippen LogP contribution in [0.25, 0.3) is 0 Å². The van der Waals surface area contributed by atoms with Gasteiger partial charge < -0.3 is 5.32 Å². The van der Waals surface area contributed by atoms with Crippen molar-refractivity contribution in [1.29, 1.82) is 0 Å². The van der Waals surface area contributed by atoms with E-state index in [2.05, 4.69) is 53.3 Å². The molecule has 20 heavy (non-hydrogen) atoms. The molecule has 2 heterocycles. The molecule has 2 aromatic rings. The first-order chi connectivity index (χ1) is 9.86. The van der Waals surface area contributed by atoms with Gasteiger partial charge in [0, 0.05) is 24.6 Å². The average molecular weight is 269 g/mol. The van der Waals surface area contributed by atoms with Crippen molar-refractivity contribution in [2.24, 2.45) is 0 Å². The lowest BCUT2D eigenvalue weighted by molar-refractivity contribution is 0.448. The zero-order valence-electron chi connectivity index (χ0n) is 12.2. The third-order valence-electron chi connectivity index (χ3n) is 4.17. The first-order valence-corrected chi connectivity index (χ1v) is 7.68. The van der Waals surface area contributed by atoms with E-state index in [0.717, 1.165) is 26.1 Å². The Bertz CT molecular complexity index is 539. The lowest BCUT2D eigenvalue weighted by Crippen LogP contribution is -2.26. The zero-order valence-corrected chi connectivity index (χ0v) is 12.2. The van der Waals surface area contributed by atoms with Gasteiger partial charge in [-0.3, -0.25) is 4.68 Å². The Morgan fingerprint density at radius 3 is 2.65 bits per heavy atom. The van der Waals surface area contributed by atoms with E-state index in [9.17, 15) is 0 Å². The molecule has 3 nitrogen and oxygen atoms in total. The smallest absolute Gasteiger partial charge is 0.0659 e. The van der Waals surface area contributed by atoms with Gasteiger partial charge in [-0.25, -0.2) is 0 Å². The molecule has 0 spiro atoms. The summed E-state index contributed by atoms with van der Waals surface area (Å²) in [6, 6.07) is 13.0. The van der Waals surface area contributed by atoms with Crippen LogP contribution >= 0.6 is 0 Å². The van der Waals surface area contributed by atoms with Gasteiger partial charge in [-0.05, 0) is 44.5 Å². The maximum absolute atomic E-state index is 4.84. The van der Waals surface area contributed by atoms with E-state index in [1.54, 1.807) is 0 Å². The molecule has 1 aliphatic rings. The highest BCUT2D eigenvalue weighted by molar-refractivity contribution is 5.24. The lowest BCUT2D eigenvalue weighted by Gasteiger charge is -2.20. The van der Waals surface area contributed by atoms with Gasteiger partial charge in [0.2, 0.25) is 0 Å². The van der Waals surface area contributed by atoms with Gasteiger partial charge in [0.25, 0.3) is 0 Å². The quantitative estimate of drug-likeness (QED) is 0.925. The van der Waals surface area contributed by atoms with Crippen molar-refractivity contribution in [1.82, 2.24) is 15.1 Å². The third-order valence-corrected chi connectivity index (χ3v) is 4.17. The second kappa shape index (κ2) is 6.23. The molecular weight excluding hydrogens is 246 g/mol. The van der Waals surface area contributed by atoms with Crippen LogP contribution in [0.5, 0.6) is 0 Å². The molecule has 3 rings (SSSR count). The highest BCUT2D eigenvalue weighted by atomic mass is 15.3. The molecule has 1 aromatic carbocycles. The van der Waals surface area contributed by atoms with Crippen molar-refractivity contribution in [2.75, 3.05) is 13.1 Å². The Balaban J connectivity index is 1.81. The van der Waals surface area contributed by atoms with E-state index in [1.807, 2.05) is 0 Å². The number of nitrogens with one attached hydrogen (secondary N) is 1. The normalized spacial score (nSPS) is 16.4. The Labute approximate surface area is 121 Å². The number of benzene rings is 1. The van der Waals surface area contributed by atoms with E-state index >= 15 is 0 Å². The summed E-state index contributed by atoms with van der Waals surface area (Å²) in [6.45, 7) is 5.37. The van der Waals surface area contributed by atoms with Crippen molar-refractivity contribution in [2.45, 2.75) is 38.6 Å². The van der Waals surface area contributed by atoms with E-state index < -0.39 is 0 Å². The van der Waals surface area contributed by atoms with Crippen molar-refractivity contribution < 1.29 is 0 Å². The summed E-state index contributed by atoms with van der Waals surface area (Å²) in [5.41, 5.74) is 3.99. The summed E-state index contributed by atoms with van der Waals surface area (Å²) < 4.78 is 2.17. The lowest BCUT2D eigenvalue weighted by atomic mass is 9.94. The standard InChI is InChI=1S/C17H23N3/c1-2-20-16(12-14-6-4-3-5-7-14)13-17(19-20)15-8-10-18-11-9-15/h3-7,13,15,18H,2,8-12H2,1H3. The van der Waals surface area contributed by atoms with Crippen LogP contribution in [0.1, 0.15) is 42.6 Å². The molecule has 0 atom stereocenters. The monoisotopic (exact) mass is 269 g/mol. The Morgan fingerprint density at radius 1 is 1.20 bits per heavy atom. The van der Waals surface area contributed by atoms with Crippen molar-refractivity contribution >= 4 is 0 Å². The van der Waals surface area contributed by atoms with Gasteiger partial charge in [0.1, 0.15) is 0 Å². The molecule has 0 radical (unpaired) electrons. The fourth-order valence-corrected chi connectivity index (χ4v) is 3.02. The fourth-order valence-electron chi connectivity index (χ4n) is 3.02. The van der Waals surface area contributed by atoms with Crippen LogP contribution in [-0.2, 0) is 13.0 Å². The molecule has 1 N–H and O–H groups in total. The van der Waals surface area contributed by atoms with Crippen LogP contribution in [0.2, 0.25) is 0 Å². The first kappa shape index (κ1) is 13.4. The number of rotatable bonds is 4. The van der Waals surface area contributed by atoms with Crippen molar-refractivity contribution in [3.05, 3.63) is 53.3 Å². The van der Waals surface area contributed by atoms with Crippen LogP contribution < -0.4 is 5.32 Å². The minimum absolute atomic E-state index is 0.638. The first-order valence-electron chi connectivity index (χ1n) is 7.68. The Hall–Kier alpha value is -1.61.